The van der Waals surface area contributed by atoms with Crippen molar-refractivity contribution in [3.8, 4) is 0 Å². The summed E-state index contributed by atoms with van der Waals surface area (Å²) in [4.78, 5) is 0. The molecule has 0 saturated carbocycles. The van der Waals surface area contributed by atoms with E-state index in [1.54, 1.807) is 0 Å². The third-order valence-electron chi connectivity index (χ3n) is 1.64. The summed E-state index contributed by atoms with van der Waals surface area (Å²) in [6, 6.07) is 10.5. The fourth-order valence-corrected chi connectivity index (χ4v) is 1.28. The summed E-state index contributed by atoms with van der Waals surface area (Å²) >= 11 is 3.38. The molecule has 0 nitrogen and oxygen atoms in total. The van der Waals surface area contributed by atoms with Crippen LogP contribution < -0.4 is 0 Å². The van der Waals surface area contributed by atoms with Crippen LogP contribution in [0.1, 0.15) is 12.0 Å². The van der Waals surface area contributed by atoms with Gasteiger partial charge in [-0.05, 0) is 18.4 Å². The molecule has 0 spiro atoms. The zero-order valence-corrected chi connectivity index (χ0v) is 8.63. The zero-order valence-electron chi connectivity index (χ0n) is 7.04. The second-order valence-corrected chi connectivity index (χ2v) is 3.43. The van der Waals surface area contributed by atoms with E-state index < -0.39 is 0 Å². The normalized spacial score (nSPS) is 10.8. The molecule has 0 N–H and O–H groups in total. The fraction of sp³-hybridized carbons (Fsp3) is 0.273. The van der Waals surface area contributed by atoms with Crippen LogP contribution in [0.25, 0.3) is 0 Å². The van der Waals surface area contributed by atoms with Gasteiger partial charge in [-0.1, -0.05) is 58.4 Å². The molecular formula is C11H13Br. The highest BCUT2D eigenvalue weighted by atomic mass is 79.9. The highest BCUT2D eigenvalue weighted by molar-refractivity contribution is 9.09. The van der Waals surface area contributed by atoms with Crippen molar-refractivity contribution in [1.82, 2.24) is 0 Å². The minimum Gasteiger partial charge on any atom is -0.0925 e. The Morgan fingerprint density at radius 2 is 1.83 bits per heavy atom. The van der Waals surface area contributed by atoms with Crippen molar-refractivity contribution in [3.63, 3.8) is 0 Å². The average Bonchev–Trinajstić information content (AvgIpc) is 2.14. The molecule has 0 aliphatic heterocycles. The van der Waals surface area contributed by atoms with E-state index in [0.29, 0.717) is 0 Å². The van der Waals surface area contributed by atoms with Gasteiger partial charge in [0, 0.05) is 5.33 Å². The van der Waals surface area contributed by atoms with Crippen molar-refractivity contribution >= 4 is 15.9 Å². The summed E-state index contributed by atoms with van der Waals surface area (Å²) in [7, 11) is 0. The molecule has 0 bridgehead atoms. The Hall–Kier alpha value is -0.560. The molecule has 0 heterocycles. The lowest BCUT2D eigenvalue weighted by atomic mass is 10.1. The maximum atomic E-state index is 3.38. The SMILES string of the molecule is BrCCC=CCc1ccccc1. The van der Waals surface area contributed by atoms with Crippen LogP contribution in [0.15, 0.2) is 42.5 Å². The molecule has 0 fully saturated rings. The molecule has 0 saturated heterocycles. The Morgan fingerprint density at radius 3 is 2.50 bits per heavy atom. The molecule has 0 unspecified atom stereocenters. The molecule has 1 aromatic rings. The van der Waals surface area contributed by atoms with E-state index in [1.165, 1.54) is 5.56 Å². The molecule has 0 radical (unpaired) electrons. The molecule has 1 aromatic carbocycles. The molecule has 0 aromatic heterocycles. The summed E-state index contributed by atoms with van der Waals surface area (Å²) in [5.41, 5.74) is 1.38. The van der Waals surface area contributed by atoms with Gasteiger partial charge >= 0.3 is 0 Å². The predicted octanol–water partition coefficient (Wildman–Crippen LogP) is 3.57. The summed E-state index contributed by atoms with van der Waals surface area (Å²) < 4.78 is 0. The van der Waals surface area contributed by atoms with Gasteiger partial charge in [-0.3, -0.25) is 0 Å². The lowest BCUT2D eigenvalue weighted by Crippen LogP contribution is -1.78. The summed E-state index contributed by atoms with van der Waals surface area (Å²) in [6.07, 6.45) is 6.60. The number of hydrogen-bond acceptors (Lipinski definition) is 0. The third-order valence-corrected chi connectivity index (χ3v) is 2.10. The molecule has 0 atom stereocenters. The fourth-order valence-electron chi connectivity index (χ4n) is 1.01. The van der Waals surface area contributed by atoms with E-state index >= 15 is 0 Å². The number of allylic oxidation sites excluding steroid dienone is 2. The van der Waals surface area contributed by atoms with Crippen molar-refractivity contribution in [2.24, 2.45) is 0 Å². The van der Waals surface area contributed by atoms with E-state index in [2.05, 4.69) is 52.3 Å². The summed E-state index contributed by atoms with van der Waals surface area (Å²) in [5.74, 6) is 0. The van der Waals surface area contributed by atoms with Crippen LogP contribution in [0.4, 0.5) is 0 Å². The second-order valence-electron chi connectivity index (χ2n) is 2.64. The van der Waals surface area contributed by atoms with E-state index in [4.69, 9.17) is 0 Å². The summed E-state index contributed by atoms with van der Waals surface area (Å²) in [6.45, 7) is 0. The molecule has 12 heavy (non-hydrogen) atoms. The van der Waals surface area contributed by atoms with E-state index in [0.717, 1.165) is 18.2 Å². The Morgan fingerprint density at radius 1 is 1.08 bits per heavy atom. The summed E-state index contributed by atoms with van der Waals surface area (Å²) in [5, 5.41) is 1.05. The Labute approximate surface area is 82.4 Å². The number of halogens is 1. The first-order valence-corrected chi connectivity index (χ1v) is 5.30. The van der Waals surface area contributed by atoms with E-state index in [-0.39, 0.29) is 0 Å². The van der Waals surface area contributed by atoms with Gasteiger partial charge in [-0.15, -0.1) is 0 Å². The highest BCUT2D eigenvalue weighted by Crippen LogP contribution is 2.00. The van der Waals surface area contributed by atoms with Gasteiger partial charge in [0.25, 0.3) is 0 Å². The minimum atomic E-state index is 1.05. The number of benzene rings is 1. The van der Waals surface area contributed by atoms with Crippen molar-refractivity contribution in [1.29, 1.82) is 0 Å². The van der Waals surface area contributed by atoms with Gasteiger partial charge in [0.15, 0.2) is 0 Å². The van der Waals surface area contributed by atoms with Crippen molar-refractivity contribution in [3.05, 3.63) is 48.0 Å². The van der Waals surface area contributed by atoms with Crippen molar-refractivity contribution in [2.75, 3.05) is 5.33 Å². The predicted molar refractivity (Wildman–Crippen MR) is 57.7 cm³/mol. The Balaban J connectivity index is 2.33. The number of alkyl halides is 1. The Kier molecular flexibility index (Phi) is 4.77. The van der Waals surface area contributed by atoms with Gasteiger partial charge in [0.2, 0.25) is 0 Å². The van der Waals surface area contributed by atoms with Crippen LogP contribution in [0.2, 0.25) is 0 Å². The van der Waals surface area contributed by atoms with Gasteiger partial charge < -0.3 is 0 Å². The van der Waals surface area contributed by atoms with Gasteiger partial charge in [-0.2, -0.15) is 0 Å². The van der Waals surface area contributed by atoms with E-state index in [1.807, 2.05) is 6.07 Å². The zero-order chi connectivity index (χ0) is 8.65. The molecule has 64 valence electrons. The molecular weight excluding hydrogens is 212 g/mol. The first kappa shape index (κ1) is 9.53. The highest BCUT2D eigenvalue weighted by Gasteiger charge is 1.84. The second kappa shape index (κ2) is 6.01. The van der Waals surface area contributed by atoms with Gasteiger partial charge in [0.1, 0.15) is 0 Å². The molecule has 1 heteroatoms. The lowest BCUT2D eigenvalue weighted by Gasteiger charge is -1.93. The van der Waals surface area contributed by atoms with Crippen molar-refractivity contribution in [2.45, 2.75) is 12.8 Å². The van der Waals surface area contributed by atoms with Gasteiger partial charge in [-0.25, -0.2) is 0 Å². The maximum Gasteiger partial charge on any atom is 0.00659 e. The standard InChI is InChI=1S/C11H13Br/c12-10-6-2-5-9-11-7-3-1-4-8-11/h1-5,7-8H,6,9-10H2. The molecule has 0 aliphatic carbocycles. The monoisotopic (exact) mass is 224 g/mol. The molecule has 0 amide bonds. The minimum absolute atomic E-state index is 1.05. The van der Waals surface area contributed by atoms with Gasteiger partial charge in [0.05, 0.1) is 0 Å². The van der Waals surface area contributed by atoms with Crippen LogP contribution >= 0.6 is 15.9 Å². The quantitative estimate of drug-likeness (QED) is 0.542. The molecule has 0 aliphatic rings. The first-order chi connectivity index (χ1) is 5.93. The van der Waals surface area contributed by atoms with Crippen LogP contribution in [-0.4, -0.2) is 5.33 Å². The lowest BCUT2D eigenvalue weighted by molar-refractivity contribution is 1.20. The van der Waals surface area contributed by atoms with Crippen LogP contribution in [0.3, 0.4) is 0 Å². The smallest absolute Gasteiger partial charge is 0.00659 e. The number of rotatable bonds is 4. The molecule has 1 rings (SSSR count). The number of hydrogen-bond donors (Lipinski definition) is 0. The topological polar surface area (TPSA) is 0 Å². The maximum absolute atomic E-state index is 3.38. The third kappa shape index (κ3) is 3.72. The first-order valence-electron chi connectivity index (χ1n) is 4.18. The van der Waals surface area contributed by atoms with Crippen molar-refractivity contribution < 1.29 is 0 Å². The van der Waals surface area contributed by atoms with Crippen LogP contribution in [0, 0.1) is 0 Å². The average molecular weight is 225 g/mol. The largest absolute Gasteiger partial charge is 0.0925 e. The Bertz CT molecular complexity index is 226. The van der Waals surface area contributed by atoms with Crippen LogP contribution in [-0.2, 0) is 6.42 Å². The van der Waals surface area contributed by atoms with E-state index in [9.17, 15) is 0 Å². The van der Waals surface area contributed by atoms with Crippen LogP contribution in [0.5, 0.6) is 0 Å².